The summed E-state index contributed by atoms with van der Waals surface area (Å²) in [6.45, 7) is 2.10. The number of carbonyl (C=O) groups excluding carboxylic acids is 1. The molecule has 0 radical (unpaired) electrons. The molecule has 0 saturated heterocycles. The van der Waals surface area contributed by atoms with Gasteiger partial charge in [0, 0.05) is 23.0 Å². The lowest BCUT2D eigenvalue weighted by Crippen LogP contribution is -2.37. The van der Waals surface area contributed by atoms with Crippen molar-refractivity contribution in [1.82, 2.24) is 4.98 Å². The molecule has 4 rings (SSSR count). The Morgan fingerprint density at radius 2 is 2.04 bits per heavy atom. The molecule has 0 N–H and O–H groups in total. The SMILES string of the molecule is COc1ccc(-c2nc(CSCC(=O)N3c4ccccc4C[C@H]3C)co2)cc1. The molecule has 2 heterocycles. The molecule has 0 aliphatic carbocycles. The quantitative estimate of drug-likeness (QED) is 0.613. The molecular weight excluding hydrogens is 372 g/mol. The van der Waals surface area contributed by atoms with E-state index in [4.69, 9.17) is 9.15 Å². The summed E-state index contributed by atoms with van der Waals surface area (Å²) in [5.74, 6) is 2.56. The van der Waals surface area contributed by atoms with Gasteiger partial charge in [-0.15, -0.1) is 11.8 Å². The Morgan fingerprint density at radius 1 is 1.25 bits per heavy atom. The van der Waals surface area contributed by atoms with Crippen LogP contribution in [-0.4, -0.2) is 29.8 Å². The summed E-state index contributed by atoms with van der Waals surface area (Å²) < 4.78 is 10.8. The molecule has 144 valence electrons. The van der Waals surface area contributed by atoms with Gasteiger partial charge in [0.1, 0.15) is 12.0 Å². The molecule has 1 aliphatic heterocycles. The highest BCUT2D eigenvalue weighted by atomic mass is 32.2. The number of benzene rings is 2. The molecule has 0 fully saturated rings. The number of carbonyl (C=O) groups is 1. The van der Waals surface area contributed by atoms with Crippen molar-refractivity contribution in [3.63, 3.8) is 0 Å². The molecule has 1 amide bonds. The highest BCUT2D eigenvalue weighted by molar-refractivity contribution is 7.99. The minimum Gasteiger partial charge on any atom is -0.497 e. The third-order valence-corrected chi connectivity index (χ3v) is 5.79. The van der Waals surface area contributed by atoms with Crippen molar-refractivity contribution in [2.24, 2.45) is 0 Å². The first kappa shape index (κ1) is 18.6. The number of methoxy groups -OCH3 is 1. The number of aromatic nitrogens is 1. The minimum atomic E-state index is 0.140. The van der Waals surface area contributed by atoms with Crippen LogP contribution in [0.4, 0.5) is 5.69 Å². The molecular formula is C22H22N2O3S. The van der Waals surface area contributed by atoms with Gasteiger partial charge in [-0.2, -0.15) is 0 Å². The lowest BCUT2D eigenvalue weighted by Gasteiger charge is -2.22. The van der Waals surface area contributed by atoms with Gasteiger partial charge < -0.3 is 14.1 Å². The number of ether oxygens (including phenoxy) is 1. The number of hydrogen-bond donors (Lipinski definition) is 0. The van der Waals surface area contributed by atoms with Crippen LogP contribution in [0.25, 0.3) is 11.5 Å². The van der Waals surface area contributed by atoms with E-state index in [-0.39, 0.29) is 11.9 Å². The lowest BCUT2D eigenvalue weighted by molar-refractivity contribution is -0.116. The summed E-state index contributed by atoms with van der Waals surface area (Å²) in [7, 11) is 1.64. The number of nitrogens with zero attached hydrogens (tertiary/aromatic N) is 2. The number of anilines is 1. The average molecular weight is 394 g/mol. The van der Waals surface area contributed by atoms with Gasteiger partial charge in [0.25, 0.3) is 0 Å². The lowest BCUT2D eigenvalue weighted by atomic mass is 10.1. The van der Waals surface area contributed by atoms with Crippen LogP contribution >= 0.6 is 11.8 Å². The smallest absolute Gasteiger partial charge is 0.237 e. The van der Waals surface area contributed by atoms with Crippen LogP contribution in [0, 0.1) is 0 Å². The van der Waals surface area contributed by atoms with Gasteiger partial charge in [0.15, 0.2) is 0 Å². The van der Waals surface area contributed by atoms with Gasteiger partial charge in [0.05, 0.1) is 18.6 Å². The highest BCUT2D eigenvalue weighted by Gasteiger charge is 2.30. The maximum absolute atomic E-state index is 12.7. The fourth-order valence-corrected chi connectivity index (χ4v) is 4.25. The maximum Gasteiger partial charge on any atom is 0.237 e. The van der Waals surface area contributed by atoms with E-state index in [0.29, 0.717) is 17.4 Å². The predicted molar refractivity (Wildman–Crippen MR) is 112 cm³/mol. The molecule has 6 heteroatoms. The summed E-state index contributed by atoms with van der Waals surface area (Å²) in [4.78, 5) is 19.2. The average Bonchev–Trinajstić information content (AvgIpc) is 3.31. The number of amides is 1. The van der Waals surface area contributed by atoms with Crippen LogP contribution in [-0.2, 0) is 17.0 Å². The summed E-state index contributed by atoms with van der Waals surface area (Å²) in [5, 5.41) is 0. The standard InChI is InChI=1S/C22H22N2O3S/c1-15-11-17-5-3-4-6-20(17)24(15)21(25)14-28-13-18-12-27-22(23-18)16-7-9-19(26-2)10-8-16/h3-10,12,15H,11,13-14H2,1-2H3/t15-/m1/s1. The Labute approximate surface area is 168 Å². The second kappa shape index (κ2) is 8.10. The fourth-order valence-electron chi connectivity index (χ4n) is 3.50. The first-order valence-electron chi connectivity index (χ1n) is 9.22. The van der Waals surface area contributed by atoms with Crippen molar-refractivity contribution in [2.75, 3.05) is 17.8 Å². The van der Waals surface area contributed by atoms with Crippen LogP contribution in [0.3, 0.4) is 0 Å². The second-order valence-corrected chi connectivity index (χ2v) is 7.80. The van der Waals surface area contributed by atoms with E-state index in [9.17, 15) is 4.79 Å². The molecule has 0 saturated carbocycles. The van der Waals surface area contributed by atoms with Crippen molar-refractivity contribution in [3.05, 3.63) is 66.1 Å². The molecule has 1 aromatic heterocycles. The predicted octanol–water partition coefficient (Wildman–Crippen LogP) is 4.56. The zero-order valence-corrected chi connectivity index (χ0v) is 16.7. The normalized spacial score (nSPS) is 15.5. The maximum atomic E-state index is 12.7. The molecule has 5 nitrogen and oxygen atoms in total. The molecule has 3 aromatic rings. The number of oxazole rings is 1. The van der Waals surface area contributed by atoms with Crippen molar-refractivity contribution in [1.29, 1.82) is 0 Å². The first-order valence-corrected chi connectivity index (χ1v) is 10.4. The van der Waals surface area contributed by atoms with Gasteiger partial charge in [0.2, 0.25) is 11.8 Å². The fraction of sp³-hybridized carbons (Fsp3) is 0.273. The summed E-state index contributed by atoms with van der Waals surface area (Å²) in [6.07, 6.45) is 2.58. The van der Waals surface area contributed by atoms with Crippen molar-refractivity contribution in [3.8, 4) is 17.2 Å². The van der Waals surface area contributed by atoms with Crippen LogP contribution in [0.5, 0.6) is 5.75 Å². The molecule has 28 heavy (non-hydrogen) atoms. The van der Waals surface area contributed by atoms with Crippen LogP contribution in [0.15, 0.2) is 59.2 Å². The van der Waals surface area contributed by atoms with Crippen LogP contribution in [0.1, 0.15) is 18.2 Å². The highest BCUT2D eigenvalue weighted by Crippen LogP contribution is 2.32. The Kier molecular flexibility index (Phi) is 5.39. The first-order chi connectivity index (χ1) is 13.7. The van der Waals surface area contributed by atoms with E-state index < -0.39 is 0 Å². The Balaban J connectivity index is 1.34. The third kappa shape index (κ3) is 3.78. The topological polar surface area (TPSA) is 55.6 Å². The largest absolute Gasteiger partial charge is 0.497 e. The van der Waals surface area contributed by atoms with E-state index in [2.05, 4.69) is 18.0 Å². The van der Waals surface area contributed by atoms with E-state index >= 15 is 0 Å². The van der Waals surface area contributed by atoms with E-state index in [1.165, 1.54) is 5.56 Å². The molecule has 2 aromatic carbocycles. The molecule has 1 atom stereocenters. The van der Waals surface area contributed by atoms with Gasteiger partial charge in [-0.05, 0) is 49.2 Å². The Bertz CT molecular complexity index is 968. The Hall–Kier alpha value is -2.73. The van der Waals surface area contributed by atoms with E-state index in [0.717, 1.165) is 29.1 Å². The molecule has 1 aliphatic rings. The van der Waals surface area contributed by atoms with Gasteiger partial charge in [-0.3, -0.25) is 4.79 Å². The van der Waals surface area contributed by atoms with Crippen molar-refractivity contribution in [2.45, 2.75) is 25.1 Å². The number of hydrogen-bond acceptors (Lipinski definition) is 5. The molecule has 0 unspecified atom stereocenters. The summed E-state index contributed by atoms with van der Waals surface area (Å²) in [6, 6.07) is 15.9. The van der Waals surface area contributed by atoms with E-state index in [1.54, 1.807) is 25.1 Å². The number of fused-ring (bicyclic) bond motifs is 1. The summed E-state index contributed by atoms with van der Waals surface area (Å²) in [5.41, 5.74) is 4.02. The minimum absolute atomic E-state index is 0.140. The number of rotatable bonds is 6. The number of para-hydroxylation sites is 1. The molecule has 0 bridgehead atoms. The second-order valence-electron chi connectivity index (χ2n) is 6.81. The van der Waals surface area contributed by atoms with Gasteiger partial charge in [-0.25, -0.2) is 4.98 Å². The van der Waals surface area contributed by atoms with E-state index in [1.807, 2.05) is 47.4 Å². The molecule has 0 spiro atoms. The van der Waals surface area contributed by atoms with Crippen LogP contribution in [0.2, 0.25) is 0 Å². The zero-order valence-electron chi connectivity index (χ0n) is 15.9. The third-order valence-electron chi connectivity index (χ3n) is 4.84. The van der Waals surface area contributed by atoms with Gasteiger partial charge in [-0.1, -0.05) is 18.2 Å². The zero-order chi connectivity index (χ0) is 19.5. The van der Waals surface area contributed by atoms with Crippen LogP contribution < -0.4 is 9.64 Å². The summed E-state index contributed by atoms with van der Waals surface area (Å²) >= 11 is 1.56. The van der Waals surface area contributed by atoms with Crippen molar-refractivity contribution < 1.29 is 13.9 Å². The van der Waals surface area contributed by atoms with Gasteiger partial charge >= 0.3 is 0 Å². The van der Waals surface area contributed by atoms with Crippen molar-refractivity contribution >= 4 is 23.4 Å². The monoisotopic (exact) mass is 394 g/mol. The Morgan fingerprint density at radius 3 is 2.82 bits per heavy atom. The number of thioether (sulfide) groups is 1.